The lowest BCUT2D eigenvalue weighted by Gasteiger charge is -2.20. The normalized spacial score (nSPS) is 12.0. The van der Waals surface area contributed by atoms with E-state index >= 15 is 0 Å². The van der Waals surface area contributed by atoms with Gasteiger partial charge in [0.05, 0.1) is 11.4 Å². The topological polar surface area (TPSA) is 96.2 Å². The molecule has 176 valence electrons. The molecular weight excluding hydrogens is 424 g/mol. The van der Waals surface area contributed by atoms with Gasteiger partial charge in [-0.2, -0.15) is 0 Å². The zero-order valence-electron chi connectivity index (χ0n) is 19.6. The Kier molecular flexibility index (Phi) is 9.00. The summed E-state index contributed by atoms with van der Waals surface area (Å²) in [5, 5.41) is 9.16. The van der Waals surface area contributed by atoms with Gasteiger partial charge in [0, 0.05) is 12.6 Å². The molecule has 0 aliphatic rings. The van der Waals surface area contributed by atoms with E-state index in [0.717, 1.165) is 16.7 Å². The fourth-order valence-electron chi connectivity index (χ4n) is 3.36. The second kappa shape index (κ2) is 12.4. The average Bonchev–Trinajstić information content (AvgIpc) is 2.84. The molecule has 0 aliphatic carbocycles. The second-order valence-electron chi connectivity index (χ2n) is 8.52. The van der Waals surface area contributed by atoms with Crippen LogP contribution in [0.5, 0.6) is 0 Å². The van der Waals surface area contributed by atoms with Crippen molar-refractivity contribution in [2.24, 2.45) is 5.92 Å². The molecule has 34 heavy (non-hydrogen) atoms. The highest BCUT2D eigenvalue weighted by Gasteiger charge is 2.20. The Bertz CT molecular complexity index is 1110. The number of hydrogen-bond acceptors (Lipinski definition) is 4. The molecule has 6 heteroatoms. The molecule has 3 aromatic rings. The van der Waals surface area contributed by atoms with Gasteiger partial charge >= 0.3 is 0 Å². The zero-order valence-corrected chi connectivity index (χ0v) is 19.6. The molecule has 3 rings (SSSR count). The summed E-state index contributed by atoms with van der Waals surface area (Å²) in [6.07, 6.45) is 3.19. The predicted molar refractivity (Wildman–Crippen MR) is 139 cm³/mol. The summed E-state index contributed by atoms with van der Waals surface area (Å²) in [6, 6.07) is 24.1. The number of nitrogens with two attached hydrogens (primary N) is 1. The van der Waals surface area contributed by atoms with E-state index < -0.39 is 6.04 Å². The average molecular weight is 457 g/mol. The molecule has 0 saturated carbocycles. The maximum atomic E-state index is 13.0. The van der Waals surface area contributed by atoms with E-state index in [1.807, 2.05) is 66.7 Å². The standard InChI is InChI=1S/C28H32N4O2/c1-20(2)18-30-27(28(34)31-19-22-8-4-3-5-9-22)23-15-12-21(13-16-23)14-17-26(33)32-25-11-7-6-10-24(25)29/h3-17,20,27,30H,18-19,29H2,1-2H3,(H,31,34)(H,32,33). The summed E-state index contributed by atoms with van der Waals surface area (Å²) >= 11 is 0. The number of anilines is 2. The Labute approximate surface area is 201 Å². The number of para-hydroxylation sites is 2. The van der Waals surface area contributed by atoms with Gasteiger partial charge in [-0.05, 0) is 47.4 Å². The first-order valence-corrected chi connectivity index (χ1v) is 11.4. The molecule has 0 heterocycles. The number of rotatable bonds is 10. The summed E-state index contributed by atoms with van der Waals surface area (Å²) in [4.78, 5) is 25.2. The zero-order chi connectivity index (χ0) is 24.3. The van der Waals surface area contributed by atoms with Crippen LogP contribution in [-0.2, 0) is 16.1 Å². The maximum absolute atomic E-state index is 13.0. The van der Waals surface area contributed by atoms with Gasteiger partial charge < -0.3 is 21.7 Å². The molecule has 0 saturated heterocycles. The highest BCUT2D eigenvalue weighted by atomic mass is 16.2. The van der Waals surface area contributed by atoms with Crippen molar-refractivity contribution in [2.75, 3.05) is 17.6 Å². The van der Waals surface area contributed by atoms with Crippen LogP contribution < -0.4 is 21.7 Å². The van der Waals surface area contributed by atoms with Gasteiger partial charge in [-0.15, -0.1) is 0 Å². The molecular formula is C28H32N4O2. The molecule has 0 spiro atoms. The van der Waals surface area contributed by atoms with Gasteiger partial charge in [0.2, 0.25) is 11.8 Å². The van der Waals surface area contributed by atoms with E-state index in [-0.39, 0.29) is 11.8 Å². The van der Waals surface area contributed by atoms with Crippen molar-refractivity contribution < 1.29 is 9.59 Å². The first-order valence-electron chi connectivity index (χ1n) is 11.4. The quantitative estimate of drug-likeness (QED) is 0.266. The molecule has 0 bridgehead atoms. The third-order valence-corrected chi connectivity index (χ3v) is 5.22. The maximum Gasteiger partial charge on any atom is 0.248 e. The van der Waals surface area contributed by atoms with Gasteiger partial charge in [0.1, 0.15) is 6.04 Å². The summed E-state index contributed by atoms with van der Waals surface area (Å²) in [5.74, 6) is 0.0650. The van der Waals surface area contributed by atoms with Crippen LogP contribution in [0.15, 0.2) is 84.9 Å². The Morgan fingerprint density at radius 2 is 1.59 bits per heavy atom. The monoisotopic (exact) mass is 456 g/mol. The molecule has 0 fully saturated rings. The van der Waals surface area contributed by atoms with E-state index in [0.29, 0.717) is 30.4 Å². The molecule has 2 amide bonds. The Hall–Kier alpha value is -3.90. The fraction of sp³-hybridized carbons (Fsp3) is 0.214. The number of carbonyl (C=O) groups excluding carboxylic acids is 2. The number of carbonyl (C=O) groups is 2. The lowest BCUT2D eigenvalue weighted by Crippen LogP contribution is -2.38. The van der Waals surface area contributed by atoms with Crippen molar-refractivity contribution >= 4 is 29.3 Å². The molecule has 5 N–H and O–H groups in total. The first-order chi connectivity index (χ1) is 16.4. The van der Waals surface area contributed by atoms with Gasteiger partial charge in [-0.3, -0.25) is 9.59 Å². The minimum Gasteiger partial charge on any atom is -0.397 e. The van der Waals surface area contributed by atoms with Crippen molar-refractivity contribution in [3.8, 4) is 0 Å². The summed E-state index contributed by atoms with van der Waals surface area (Å²) < 4.78 is 0. The molecule has 1 atom stereocenters. The number of hydrogen-bond donors (Lipinski definition) is 4. The summed E-state index contributed by atoms with van der Waals surface area (Å²) in [7, 11) is 0. The molecule has 1 unspecified atom stereocenters. The van der Waals surface area contributed by atoms with Crippen molar-refractivity contribution in [3.05, 3.63) is 102 Å². The second-order valence-corrected chi connectivity index (χ2v) is 8.52. The summed E-state index contributed by atoms with van der Waals surface area (Å²) in [6.45, 7) is 5.40. The van der Waals surface area contributed by atoms with Crippen LogP contribution in [-0.4, -0.2) is 18.4 Å². The number of benzene rings is 3. The lowest BCUT2D eigenvalue weighted by atomic mass is 10.0. The Morgan fingerprint density at radius 1 is 0.912 bits per heavy atom. The predicted octanol–water partition coefficient (Wildman–Crippen LogP) is 4.52. The van der Waals surface area contributed by atoms with Crippen molar-refractivity contribution in [2.45, 2.75) is 26.4 Å². The number of nitrogen functional groups attached to an aromatic ring is 1. The highest BCUT2D eigenvalue weighted by Crippen LogP contribution is 2.18. The lowest BCUT2D eigenvalue weighted by molar-refractivity contribution is -0.123. The SMILES string of the molecule is CC(C)CNC(C(=O)NCc1ccccc1)c1ccc(C=CC(=O)Nc2ccccc2N)cc1. The van der Waals surface area contributed by atoms with Crippen LogP contribution in [0.2, 0.25) is 0 Å². The van der Waals surface area contributed by atoms with E-state index in [9.17, 15) is 9.59 Å². The van der Waals surface area contributed by atoms with E-state index in [1.165, 1.54) is 6.08 Å². The van der Waals surface area contributed by atoms with Crippen LogP contribution in [0.1, 0.15) is 36.6 Å². The highest BCUT2D eigenvalue weighted by molar-refractivity contribution is 6.03. The fourth-order valence-corrected chi connectivity index (χ4v) is 3.36. The van der Waals surface area contributed by atoms with Gasteiger partial charge in [-0.25, -0.2) is 0 Å². The Morgan fingerprint density at radius 3 is 2.26 bits per heavy atom. The van der Waals surface area contributed by atoms with E-state index in [1.54, 1.807) is 18.2 Å². The smallest absolute Gasteiger partial charge is 0.248 e. The van der Waals surface area contributed by atoms with Gasteiger partial charge in [0.25, 0.3) is 0 Å². The Balaban J connectivity index is 1.65. The van der Waals surface area contributed by atoms with Crippen LogP contribution >= 0.6 is 0 Å². The molecule has 3 aromatic carbocycles. The molecule has 0 aliphatic heterocycles. The van der Waals surface area contributed by atoms with E-state index in [4.69, 9.17) is 5.73 Å². The third kappa shape index (κ3) is 7.60. The van der Waals surface area contributed by atoms with Crippen LogP contribution in [0.3, 0.4) is 0 Å². The van der Waals surface area contributed by atoms with Gasteiger partial charge in [0.15, 0.2) is 0 Å². The first kappa shape index (κ1) is 24.7. The third-order valence-electron chi connectivity index (χ3n) is 5.22. The molecule has 0 radical (unpaired) electrons. The van der Waals surface area contributed by atoms with Crippen molar-refractivity contribution in [3.63, 3.8) is 0 Å². The minimum atomic E-state index is -0.464. The van der Waals surface area contributed by atoms with Crippen LogP contribution in [0.4, 0.5) is 11.4 Å². The van der Waals surface area contributed by atoms with Crippen LogP contribution in [0.25, 0.3) is 6.08 Å². The van der Waals surface area contributed by atoms with Crippen LogP contribution in [0, 0.1) is 5.92 Å². The molecule has 0 aromatic heterocycles. The van der Waals surface area contributed by atoms with Crippen molar-refractivity contribution in [1.29, 1.82) is 0 Å². The molecule has 6 nitrogen and oxygen atoms in total. The van der Waals surface area contributed by atoms with E-state index in [2.05, 4.69) is 29.8 Å². The summed E-state index contributed by atoms with van der Waals surface area (Å²) in [5.41, 5.74) is 9.73. The van der Waals surface area contributed by atoms with Crippen molar-refractivity contribution in [1.82, 2.24) is 10.6 Å². The largest absolute Gasteiger partial charge is 0.397 e. The van der Waals surface area contributed by atoms with Gasteiger partial charge in [-0.1, -0.05) is 80.6 Å². The number of nitrogens with one attached hydrogen (secondary N) is 3. The number of amides is 2. The minimum absolute atomic E-state index is 0.0763.